The second kappa shape index (κ2) is 25.0. The molecular weight excluding hydrogens is 478 g/mol. The fourth-order valence-electron chi connectivity index (χ4n) is 4.37. The van der Waals surface area contributed by atoms with Gasteiger partial charge in [-0.05, 0) is 18.9 Å². The third-order valence-electron chi connectivity index (χ3n) is 6.72. The van der Waals surface area contributed by atoms with Gasteiger partial charge in [-0.15, -0.1) is 0 Å². The van der Waals surface area contributed by atoms with Gasteiger partial charge in [0.1, 0.15) is 0 Å². The van der Waals surface area contributed by atoms with Crippen molar-refractivity contribution in [2.75, 3.05) is 13.1 Å². The summed E-state index contributed by atoms with van der Waals surface area (Å²) in [5.41, 5.74) is 0. The van der Waals surface area contributed by atoms with E-state index < -0.39 is 12.2 Å². The summed E-state index contributed by atoms with van der Waals surface area (Å²) in [6, 6.07) is 3.09. The first-order valence-corrected chi connectivity index (χ1v) is 15.5. The Morgan fingerprint density at radius 3 is 1.37 bits per heavy atom. The van der Waals surface area contributed by atoms with Gasteiger partial charge in [0.15, 0.2) is 5.75 Å². The fourth-order valence-corrected chi connectivity index (χ4v) is 4.37. The molecule has 0 aliphatic carbocycles. The predicted octanol–water partition coefficient (Wildman–Crippen LogP) is 9.10. The molecule has 0 bridgehead atoms. The van der Waals surface area contributed by atoms with Gasteiger partial charge in [-0.3, -0.25) is 0 Å². The SMILES string of the molecule is CCCCCCCCCCCCNC(=O)Oc1ccc(OC(=O)NCCCCCCCCCCCC)nc1. The van der Waals surface area contributed by atoms with Crippen molar-refractivity contribution < 1.29 is 19.1 Å². The number of hydrogen-bond donors (Lipinski definition) is 2. The lowest BCUT2D eigenvalue weighted by molar-refractivity contribution is 0.196. The quantitative estimate of drug-likeness (QED) is 0.129. The highest BCUT2D eigenvalue weighted by Crippen LogP contribution is 2.15. The van der Waals surface area contributed by atoms with Crippen LogP contribution in [0, 0.1) is 0 Å². The molecule has 1 rings (SSSR count). The molecule has 0 saturated carbocycles. The van der Waals surface area contributed by atoms with Crippen LogP contribution in [0.4, 0.5) is 9.59 Å². The topological polar surface area (TPSA) is 89.5 Å². The first-order valence-electron chi connectivity index (χ1n) is 15.5. The summed E-state index contributed by atoms with van der Waals surface area (Å²) in [7, 11) is 0. The Kier molecular flexibility index (Phi) is 22.2. The van der Waals surface area contributed by atoms with Gasteiger partial charge in [-0.25, -0.2) is 14.6 Å². The second-order valence-corrected chi connectivity index (χ2v) is 10.3. The van der Waals surface area contributed by atoms with Crippen LogP contribution in [-0.2, 0) is 0 Å². The predicted molar refractivity (Wildman–Crippen MR) is 156 cm³/mol. The lowest BCUT2D eigenvalue weighted by Crippen LogP contribution is -2.28. The van der Waals surface area contributed by atoms with Crippen LogP contribution < -0.4 is 20.1 Å². The van der Waals surface area contributed by atoms with Crippen molar-refractivity contribution in [1.82, 2.24) is 15.6 Å². The smallest absolute Gasteiger partial charge is 0.409 e. The van der Waals surface area contributed by atoms with Crippen molar-refractivity contribution in [3.05, 3.63) is 18.3 Å². The molecule has 0 aliphatic rings. The maximum absolute atomic E-state index is 12.0. The number of carbonyl (C=O) groups is 2. The highest BCUT2D eigenvalue weighted by molar-refractivity contribution is 5.71. The average Bonchev–Trinajstić information content (AvgIpc) is 2.91. The van der Waals surface area contributed by atoms with Crippen LogP contribution in [0.3, 0.4) is 0 Å². The Bertz CT molecular complexity index is 638. The van der Waals surface area contributed by atoms with E-state index >= 15 is 0 Å². The number of unbranched alkanes of at least 4 members (excludes halogenated alkanes) is 18. The van der Waals surface area contributed by atoms with E-state index in [0.29, 0.717) is 18.8 Å². The van der Waals surface area contributed by atoms with Gasteiger partial charge >= 0.3 is 12.2 Å². The van der Waals surface area contributed by atoms with Crippen LogP contribution in [0.15, 0.2) is 18.3 Å². The molecule has 0 saturated heterocycles. The maximum atomic E-state index is 12.0. The van der Waals surface area contributed by atoms with Crippen molar-refractivity contribution in [2.45, 2.75) is 142 Å². The van der Waals surface area contributed by atoms with Crippen molar-refractivity contribution in [3.8, 4) is 11.6 Å². The number of aromatic nitrogens is 1. The second-order valence-electron chi connectivity index (χ2n) is 10.3. The Labute approximate surface area is 232 Å². The van der Waals surface area contributed by atoms with Crippen molar-refractivity contribution in [3.63, 3.8) is 0 Å². The van der Waals surface area contributed by atoms with E-state index in [9.17, 15) is 9.59 Å². The highest BCUT2D eigenvalue weighted by Gasteiger charge is 2.08. The minimum atomic E-state index is -0.517. The largest absolute Gasteiger partial charge is 0.413 e. The van der Waals surface area contributed by atoms with E-state index in [2.05, 4.69) is 29.5 Å². The van der Waals surface area contributed by atoms with Crippen molar-refractivity contribution >= 4 is 12.2 Å². The number of nitrogens with zero attached hydrogens (tertiary/aromatic N) is 1. The summed E-state index contributed by atoms with van der Waals surface area (Å²) < 4.78 is 10.4. The molecule has 0 spiro atoms. The lowest BCUT2D eigenvalue weighted by atomic mass is 10.1. The molecule has 218 valence electrons. The Morgan fingerprint density at radius 2 is 0.974 bits per heavy atom. The molecule has 0 unspecified atom stereocenters. The van der Waals surface area contributed by atoms with E-state index in [1.165, 1.54) is 115 Å². The molecule has 2 N–H and O–H groups in total. The highest BCUT2D eigenvalue weighted by atomic mass is 16.6. The standard InChI is InChI=1S/C31H55N3O4/c1-3-5-7-9-11-13-15-17-19-21-25-32-30(35)37-28-23-24-29(34-27-28)38-31(36)33-26-22-20-18-16-14-12-10-8-6-4-2/h23-24,27H,3-22,25-26H2,1-2H3,(H,32,35)(H,33,36). The number of hydrogen-bond acceptors (Lipinski definition) is 5. The number of carbonyl (C=O) groups excluding carboxylic acids is 2. The van der Waals surface area contributed by atoms with Gasteiger partial charge in [0.25, 0.3) is 0 Å². The zero-order valence-electron chi connectivity index (χ0n) is 24.4. The molecule has 7 heteroatoms. The van der Waals surface area contributed by atoms with E-state index in [1.807, 2.05) is 0 Å². The third kappa shape index (κ3) is 20.7. The van der Waals surface area contributed by atoms with Gasteiger partial charge in [-0.2, -0.15) is 0 Å². The van der Waals surface area contributed by atoms with Crippen LogP contribution in [0.25, 0.3) is 0 Å². The normalized spacial score (nSPS) is 10.8. The Hall–Kier alpha value is -2.31. The number of rotatable bonds is 24. The number of ether oxygens (including phenoxy) is 2. The zero-order chi connectivity index (χ0) is 27.5. The molecule has 1 aromatic heterocycles. The van der Waals surface area contributed by atoms with E-state index in [4.69, 9.17) is 9.47 Å². The van der Waals surface area contributed by atoms with E-state index in [1.54, 1.807) is 6.07 Å². The molecular formula is C31H55N3O4. The summed E-state index contributed by atoms with van der Waals surface area (Å²) in [5.74, 6) is 0.479. The average molecular weight is 534 g/mol. The van der Waals surface area contributed by atoms with Gasteiger partial charge in [0, 0.05) is 19.2 Å². The van der Waals surface area contributed by atoms with Gasteiger partial charge in [0.2, 0.25) is 5.88 Å². The summed E-state index contributed by atoms with van der Waals surface area (Å²) in [6.45, 7) is 5.68. The zero-order valence-corrected chi connectivity index (χ0v) is 24.4. The molecule has 0 fully saturated rings. The maximum Gasteiger partial charge on any atom is 0.413 e. The molecule has 2 amide bonds. The van der Waals surface area contributed by atoms with E-state index in [0.717, 1.165) is 25.7 Å². The molecule has 0 aliphatic heterocycles. The Balaban J connectivity index is 2.01. The molecule has 38 heavy (non-hydrogen) atoms. The summed E-state index contributed by atoms with van der Waals surface area (Å²) >= 11 is 0. The lowest BCUT2D eigenvalue weighted by Gasteiger charge is -2.08. The van der Waals surface area contributed by atoms with Crippen LogP contribution >= 0.6 is 0 Å². The minimum absolute atomic E-state index is 0.170. The van der Waals surface area contributed by atoms with Crippen molar-refractivity contribution in [2.24, 2.45) is 0 Å². The van der Waals surface area contributed by atoms with Crippen LogP contribution in [0.5, 0.6) is 11.6 Å². The van der Waals surface area contributed by atoms with Crippen LogP contribution in [0.2, 0.25) is 0 Å². The first kappa shape index (κ1) is 33.7. The number of nitrogens with one attached hydrogen (secondary N) is 2. The Morgan fingerprint density at radius 1 is 0.579 bits per heavy atom. The van der Waals surface area contributed by atoms with Gasteiger partial charge in [0.05, 0.1) is 6.20 Å². The first-order chi connectivity index (χ1) is 18.7. The van der Waals surface area contributed by atoms with Crippen LogP contribution in [-0.4, -0.2) is 30.3 Å². The van der Waals surface area contributed by atoms with Crippen molar-refractivity contribution in [1.29, 1.82) is 0 Å². The number of pyridine rings is 1. The monoisotopic (exact) mass is 533 g/mol. The summed E-state index contributed by atoms with van der Waals surface area (Å²) in [6.07, 6.45) is 25.5. The van der Waals surface area contributed by atoms with Gasteiger partial charge < -0.3 is 20.1 Å². The molecule has 0 aromatic carbocycles. The third-order valence-corrected chi connectivity index (χ3v) is 6.72. The van der Waals surface area contributed by atoms with Crippen LogP contribution in [0.1, 0.15) is 142 Å². The molecule has 1 aromatic rings. The molecule has 0 atom stereocenters. The summed E-state index contributed by atoms with van der Waals surface area (Å²) in [5, 5.41) is 5.53. The summed E-state index contributed by atoms with van der Waals surface area (Å²) in [4.78, 5) is 28.0. The van der Waals surface area contributed by atoms with E-state index in [-0.39, 0.29) is 5.88 Å². The molecule has 0 radical (unpaired) electrons. The number of amides is 2. The minimum Gasteiger partial charge on any atom is -0.409 e. The fraction of sp³-hybridized carbons (Fsp3) is 0.774. The molecule has 1 heterocycles. The molecule has 7 nitrogen and oxygen atoms in total. The van der Waals surface area contributed by atoms with Gasteiger partial charge in [-0.1, -0.05) is 129 Å².